The molecule has 104 valence electrons. The molecule has 0 bridgehead atoms. The molecule has 1 N–H and O–H groups in total. The van der Waals surface area contributed by atoms with Gasteiger partial charge >= 0.3 is 0 Å². The number of hydrogen-bond donors (Lipinski definition) is 1. The molecular formula is C14H13BrN2O3. The highest BCUT2D eigenvalue weighted by molar-refractivity contribution is 9.10. The van der Waals surface area contributed by atoms with Crippen LogP contribution in [0.25, 0.3) is 0 Å². The van der Waals surface area contributed by atoms with Crippen molar-refractivity contribution in [2.45, 2.75) is 0 Å². The summed E-state index contributed by atoms with van der Waals surface area (Å²) >= 11 is 3.29. The Kier molecular flexibility index (Phi) is 4.57. The summed E-state index contributed by atoms with van der Waals surface area (Å²) in [5, 5.41) is 2.76. The van der Waals surface area contributed by atoms with E-state index < -0.39 is 0 Å². The van der Waals surface area contributed by atoms with Crippen molar-refractivity contribution in [3.8, 4) is 11.5 Å². The van der Waals surface area contributed by atoms with Gasteiger partial charge < -0.3 is 14.8 Å². The van der Waals surface area contributed by atoms with E-state index in [1.165, 1.54) is 7.11 Å². The van der Waals surface area contributed by atoms with Crippen molar-refractivity contribution in [2.24, 2.45) is 0 Å². The Morgan fingerprint density at radius 1 is 1.25 bits per heavy atom. The summed E-state index contributed by atoms with van der Waals surface area (Å²) < 4.78 is 11.0. The number of nitrogens with one attached hydrogen (secondary N) is 1. The van der Waals surface area contributed by atoms with E-state index in [0.717, 1.165) is 0 Å². The average molecular weight is 337 g/mol. The maximum absolute atomic E-state index is 12.2. The molecule has 1 amide bonds. The van der Waals surface area contributed by atoms with Gasteiger partial charge in [-0.3, -0.25) is 4.79 Å². The molecule has 1 aromatic heterocycles. The number of carbonyl (C=O) groups is 1. The second kappa shape index (κ2) is 6.38. The lowest BCUT2D eigenvalue weighted by atomic mass is 10.2. The third-order valence-electron chi connectivity index (χ3n) is 2.63. The highest BCUT2D eigenvalue weighted by atomic mass is 79.9. The van der Waals surface area contributed by atoms with Gasteiger partial charge in [-0.15, -0.1) is 0 Å². The molecule has 6 heteroatoms. The quantitative estimate of drug-likeness (QED) is 0.931. The molecule has 0 aliphatic carbocycles. The van der Waals surface area contributed by atoms with Gasteiger partial charge in [0, 0.05) is 16.7 Å². The van der Waals surface area contributed by atoms with E-state index in [9.17, 15) is 4.79 Å². The summed E-state index contributed by atoms with van der Waals surface area (Å²) in [6, 6.07) is 8.66. The summed E-state index contributed by atoms with van der Waals surface area (Å²) in [5.41, 5.74) is 0.862. The van der Waals surface area contributed by atoms with Crippen LogP contribution in [0.15, 0.2) is 41.0 Å². The smallest absolute Gasteiger partial charge is 0.275 e. The zero-order valence-electron chi connectivity index (χ0n) is 11.0. The summed E-state index contributed by atoms with van der Waals surface area (Å²) in [6.07, 6.45) is 1.56. The fraction of sp³-hybridized carbons (Fsp3) is 0.143. The molecule has 0 saturated heterocycles. The topological polar surface area (TPSA) is 60.5 Å². The van der Waals surface area contributed by atoms with Crippen LogP contribution >= 0.6 is 15.9 Å². The first-order valence-electron chi connectivity index (χ1n) is 5.79. The molecule has 0 atom stereocenters. The standard InChI is InChI=1S/C14H13BrN2O3/c1-19-9-5-6-11(12(8-9)20-2)17-14(18)13-10(15)4-3-7-16-13/h3-8H,1-2H3,(H,17,18). The molecule has 2 aromatic rings. The summed E-state index contributed by atoms with van der Waals surface area (Å²) in [4.78, 5) is 16.2. The van der Waals surface area contributed by atoms with E-state index in [1.807, 2.05) is 0 Å². The van der Waals surface area contributed by atoms with E-state index >= 15 is 0 Å². The van der Waals surface area contributed by atoms with Crippen molar-refractivity contribution >= 4 is 27.5 Å². The van der Waals surface area contributed by atoms with Crippen molar-refractivity contribution in [3.05, 3.63) is 46.7 Å². The van der Waals surface area contributed by atoms with Crippen LogP contribution in [0.2, 0.25) is 0 Å². The van der Waals surface area contributed by atoms with Crippen molar-refractivity contribution in [3.63, 3.8) is 0 Å². The van der Waals surface area contributed by atoms with Crippen LogP contribution in [0.3, 0.4) is 0 Å². The summed E-state index contributed by atoms with van der Waals surface area (Å²) in [6.45, 7) is 0. The minimum atomic E-state index is -0.319. The fourth-order valence-electron chi connectivity index (χ4n) is 1.64. The predicted octanol–water partition coefficient (Wildman–Crippen LogP) is 3.11. The van der Waals surface area contributed by atoms with Crippen LogP contribution in [0.5, 0.6) is 11.5 Å². The van der Waals surface area contributed by atoms with Gasteiger partial charge in [0.15, 0.2) is 0 Å². The number of benzene rings is 1. The second-order valence-corrected chi connectivity index (χ2v) is 4.71. The van der Waals surface area contributed by atoms with Gasteiger partial charge in [0.25, 0.3) is 5.91 Å². The van der Waals surface area contributed by atoms with Gasteiger partial charge in [0.05, 0.1) is 19.9 Å². The van der Waals surface area contributed by atoms with Crippen molar-refractivity contribution < 1.29 is 14.3 Å². The van der Waals surface area contributed by atoms with Gasteiger partial charge in [0.1, 0.15) is 17.2 Å². The highest BCUT2D eigenvalue weighted by Gasteiger charge is 2.14. The van der Waals surface area contributed by atoms with Gasteiger partial charge in [-0.05, 0) is 40.2 Å². The Bertz CT molecular complexity index is 632. The monoisotopic (exact) mass is 336 g/mol. The minimum Gasteiger partial charge on any atom is -0.497 e. The van der Waals surface area contributed by atoms with E-state index in [1.54, 1.807) is 43.6 Å². The lowest BCUT2D eigenvalue weighted by Crippen LogP contribution is -2.14. The molecule has 0 saturated carbocycles. The normalized spacial score (nSPS) is 9.95. The third kappa shape index (κ3) is 3.08. The van der Waals surface area contributed by atoms with Crippen LogP contribution in [0.1, 0.15) is 10.5 Å². The second-order valence-electron chi connectivity index (χ2n) is 3.85. The number of methoxy groups -OCH3 is 2. The molecule has 0 fully saturated rings. The Labute approximate surface area is 125 Å². The van der Waals surface area contributed by atoms with Crippen LogP contribution < -0.4 is 14.8 Å². The first kappa shape index (κ1) is 14.3. The van der Waals surface area contributed by atoms with E-state index in [2.05, 4.69) is 26.2 Å². The molecular weight excluding hydrogens is 324 g/mol. The van der Waals surface area contributed by atoms with Crippen LogP contribution in [0, 0.1) is 0 Å². The third-order valence-corrected chi connectivity index (χ3v) is 3.27. The van der Waals surface area contributed by atoms with Gasteiger partial charge in [0.2, 0.25) is 0 Å². The molecule has 0 spiro atoms. The molecule has 1 aromatic carbocycles. The van der Waals surface area contributed by atoms with Gasteiger partial charge in [-0.25, -0.2) is 4.98 Å². The Morgan fingerprint density at radius 2 is 2.05 bits per heavy atom. The largest absolute Gasteiger partial charge is 0.497 e. The number of nitrogens with zero attached hydrogens (tertiary/aromatic N) is 1. The van der Waals surface area contributed by atoms with Crippen LogP contribution in [-0.2, 0) is 0 Å². The first-order chi connectivity index (χ1) is 9.65. The average Bonchev–Trinajstić information content (AvgIpc) is 2.48. The zero-order valence-corrected chi connectivity index (χ0v) is 12.6. The van der Waals surface area contributed by atoms with E-state index in [-0.39, 0.29) is 5.91 Å². The Morgan fingerprint density at radius 3 is 2.70 bits per heavy atom. The maximum atomic E-state index is 12.2. The number of halogens is 1. The number of hydrogen-bond acceptors (Lipinski definition) is 4. The molecule has 5 nitrogen and oxygen atoms in total. The number of anilines is 1. The SMILES string of the molecule is COc1ccc(NC(=O)c2ncccc2Br)c(OC)c1. The molecule has 0 aliphatic rings. The lowest BCUT2D eigenvalue weighted by molar-refractivity contribution is 0.102. The summed E-state index contributed by atoms with van der Waals surface area (Å²) in [7, 11) is 3.10. The molecule has 0 radical (unpaired) electrons. The van der Waals surface area contributed by atoms with Crippen LogP contribution in [-0.4, -0.2) is 25.1 Å². The molecule has 1 heterocycles. The van der Waals surface area contributed by atoms with Crippen molar-refractivity contribution in [2.75, 3.05) is 19.5 Å². The maximum Gasteiger partial charge on any atom is 0.275 e. The number of aromatic nitrogens is 1. The van der Waals surface area contributed by atoms with E-state index in [4.69, 9.17) is 9.47 Å². The minimum absolute atomic E-state index is 0.311. The van der Waals surface area contributed by atoms with E-state index in [0.29, 0.717) is 27.4 Å². The molecule has 0 unspecified atom stereocenters. The Hall–Kier alpha value is -2.08. The van der Waals surface area contributed by atoms with Crippen molar-refractivity contribution in [1.82, 2.24) is 4.98 Å². The summed E-state index contributed by atoms with van der Waals surface area (Å²) in [5.74, 6) is 0.851. The highest BCUT2D eigenvalue weighted by Crippen LogP contribution is 2.29. The number of ether oxygens (including phenoxy) is 2. The van der Waals surface area contributed by atoms with Gasteiger partial charge in [-0.2, -0.15) is 0 Å². The van der Waals surface area contributed by atoms with Crippen molar-refractivity contribution in [1.29, 1.82) is 0 Å². The lowest BCUT2D eigenvalue weighted by Gasteiger charge is -2.11. The number of amides is 1. The first-order valence-corrected chi connectivity index (χ1v) is 6.59. The molecule has 0 aliphatic heterocycles. The number of pyridine rings is 1. The van der Waals surface area contributed by atoms with Gasteiger partial charge in [-0.1, -0.05) is 0 Å². The Balaban J connectivity index is 2.26. The van der Waals surface area contributed by atoms with Crippen LogP contribution in [0.4, 0.5) is 5.69 Å². The fourth-order valence-corrected chi connectivity index (χ4v) is 2.07. The zero-order chi connectivity index (χ0) is 14.5. The predicted molar refractivity (Wildman–Crippen MR) is 79.4 cm³/mol. The molecule has 20 heavy (non-hydrogen) atoms. The number of carbonyl (C=O) groups excluding carboxylic acids is 1. The molecule has 2 rings (SSSR count). The number of rotatable bonds is 4.